The second kappa shape index (κ2) is 8.40. The topological polar surface area (TPSA) is 62.3 Å². The first kappa shape index (κ1) is 18.5. The van der Waals surface area contributed by atoms with Gasteiger partial charge in [-0.05, 0) is 73.8 Å². The van der Waals surface area contributed by atoms with Gasteiger partial charge in [0.15, 0.2) is 0 Å². The maximum absolute atomic E-state index is 12.3. The van der Waals surface area contributed by atoms with Crippen LogP contribution in [0.5, 0.6) is 0 Å². The van der Waals surface area contributed by atoms with Crippen LogP contribution >= 0.6 is 15.9 Å². The Hall–Kier alpha value is -1.28. The normalized spacial score (nSPS) is 16.8. The van der Waals surface area contributed by atoms with Crippen molar-refractivity contribution in [3.05, 3.63) is 58.8 Å². The molecule has 0 saturated carbocycles. The fourth-order valence-electron chi connectivity index (χ4n) is 3.02. The van der Waals surface area contributed by atoms with Crippen LogP contribution in [0.15, 0.2) is 58.2 Å². The van der Waals surface area contributed by atoms with Crippen molar-refractivity contribution in [3.63, 3.8) is 0 Å². The Labute approximate surface area is 157 Å². The lowest BCUT2D eigenvalue weighted by Gasteiger charge is -2.32. The van der Waals surface area contributed by atoms with Gasteiger partial charge >= 0.3 is 0 Å². The van der Waals surface area contributed by atoms with Crippen LogP contribution in [0.1, 0.15) is 18.4 Å². The zero-order chi connectivity index (χ0) is 17.7. The van der Waals surface area contributed by atoms with Gasteiger partial charge in [0.05, 0.1) is 4.90 Å². The quantitative estimate of drug-likeness (QED) is 0.775. The lowest BCUT2D eigenvalue weighted by molar-refractivity contribution is 0.178. The SMILES string of the molecule is O=S(=O)(NCC1CCN(Cc2ccncc2)CC1)c1ccc(Br)cc1. The van der Waals surface area contributed by atoms with E-state index in [0.29, 0.717) is 17.4 Å². The molecule has 2 heterocycles. The molecule has 7 heteroatoms. The van der Waals surface area contributed by atoms with E-state index in [4.69, 9.17) is 0 Å². The number of hydrogen-bond donors (Lipinski definition) is 1. The van der Waals surface area contributed by atoms with Crippen LogP contribution in [0, 0.1) is 5.92 Å². The molecule has 134 valence electrons. The van der Waals surface area contributed by atoms with E-state index in [1.54, 1.807) is 24.3 Å². The summed E-state index contributed by atoms with van der Waals surface area (Å²) in [7, 11) is -3.43. The van der Waals surface area contributed by atoms with Crippen molar-refractivity contribution >= 4 is 26.0 Å². The number of rotatable bonds is 6. The Kier molecular flexibility index (Phi) is 6.22. The number of hydrogen-bond acceptors (Lipinski definition) is 4. The highest BCUT2D eigenvalue weighted by molar-refractivity contribution is 9.10. The molecule has 0 unspecified atom stereocenters. The van der Waals surface area contributed by atoms with Gasteiger partial charge in [-0.3, -0.25) is 9.88 Å². The van der Waals surface area contributed by atoms with Gasteiger partial charge in [0.1, 0.15) is 0 Å². The Bertz CT molecular complexity index is 774. The standard InChI is InChI=1S/C18H22BrN3O2S/c19-17-1-3-18(4-2-17)25(23,24)21-13-15-7-11-22(12-8-15)14-16-5-9-20-10-6-16/h1-6,9-10,15,21H,7-8,11-14H2. The van der Waals surface area contributed by atoms with Crippen LogP contribution in [-0.4, -0.2) is 37.9 Å². The monoisotopic (exact) mass is 423 g/mol. The fraction of sp³-hybridized carbons (Fsp3) is 0.389. The van der Waals surface area contributed by atoms with Crippen LogP contribution in [0.2, 0.25) is 0 Å². The predicted molar refractivity (Wildman–Crippen MR) is 102 cm³/mol. The first-order valence-electron chi connectivity index (χ1n) is 8.39. The Morgan fingerprint density at radius 3 is 2.36 bits per heavy atom. The number of benzene rings is 1. The number of pyridine rings is 1. The highest BCUT2D eigenvalue weighted by atomic mass is 79.9. The van der Waals surface area contributed by atoms with Crippen molar-refractivity contribution in [3.8, 4) is 0 Å². The molecule has 0 amide bonds. The zero-order valence-corrected chi connectivity index (χ0v) is 16.3. The summed E-state index contributed by atoms with van der Waals surface area (Å²) in [6, 6.07) is 10.8. The number of aromatic nitrogens is 1. The Balaban J connectivity index is 1.47. The van der Waals surface area contributed by atoms with Gasteiger partial charge in [-0.15, -0.1) is 0 Å². The third-order valence-corrected chi connectivity index (χ3v) is 6.52. The number of nitrogens with zero attached hydrogens (tertiary/aromatic N) is 2. The average molecular weight is 424 g/mol. The molecule has 1 aliphatic rings. The number of halogens is 1. The third-order valence-electron chi connectivity index (χ3n) is 4.55. The largest absolute Gasteiger partial charge is 0.299 e. The molecule has 0 bridgehead atoms. The molecular formula is C18H22BrN3O2S. The van der Waals surface area contributed by atoms with Gasteiger partial charge in [0.25, 0.3) is 0 Å². The van der Waals surface area contributed by atoms with Gasteiger partial charge in [0.2, 0.25) is 10.0 Å². The average Bonchev–Trinajstić information content (AvgIpc) is 2.62. The number of sulfonamides is 1. The molecule has 1 aromatic carbocycles. The second-order valence-corrected chi connectivity index (χ2v) is 9.06. The van der Waals surface area contributed by atoms with Crippen molar-refractivity contribution in [1.29, 1.82) is 0 Å². The van der Waals surface area contributed by atoms with E-state index in [0.717, 1.165) is 36.9 Å². The molecular weight excluding hydrogens is 402 g/mol. The van der Waals surface area contributed by atoms with E-state index in [1.807, 2.05) is 24.5 Å². The molecule has 1 aromatic heterocycles. The van der Waals surface area contributed by atoms with Gasteiger partial charge in [-0.1, -0.05) is 15.9 Å². The molecule has 1 saturated heterocycles. The summed E-state index contributed by atoms with van der Waals surface area (Å²) in [6.45, 7) is 3.42. The summed E-state index contributed by atoms with van der Waals surface area (Å²) in [4.78, 5) is 6.76. The summed E-state index contributed by atoms with van der Waals surface area (Å²) < 4.78 is 28.3. The minimum atomic E-state index is -3.43. The molecule has 1 N–H and O–H groups in total. The maximum Gasteiger partial charge on any atom is 0.240 e. The summed E-state index contributed by atoms with van der Waals surface area (Å²) >= 11 is 3.32. The number of likely N-dealkylation sites (tertiary alicyclic amines) is 1. The van der Waals surface area contributed by atoms with Crippen molar-refractivity contribution in [2.75, 3.05) is 19.6 Å². The van der Waals surface area contributed by atoms with E-state index in [2.05, 4.69) is 30.5 Å². The van der Waals surface area contributed by atoms with E-state index in [9.17, 15) is 8.42 Å². The maximum atomic E-state index is 12.3. The van der Waals surface area contributed by atoms with Gasteiger partial charge in [0, 0.05) is 30.0 Å². The first-order chi connectivity index (χ1) is 12.0. The van der Waals surface area contributed by atoms with Gasteiger partial charge in [-0.25, -0.2) is 13.1 Å². The molecule has 25 heavy (non-hydrogen) atoms. The van der Waals surface area contributed by atoms with Crippen LogP contribution in [0.25, 0.3) is 0 Å². The minimum Gasteiger partial charge on any atom is -0.299 e. The van der Waals surface area contributed by atoms with Crippen molar-refractivity contribution in [1.82, 2.24) is 14.6 Å². The van der Waals surface area contributed by atoms with E-state index in [-0.39, 0.29) is 0 Å². The minimum absolute atomic E-state index is 0.311. The lowest BCUT2D eigenvalue weighted by atomic mass is 9.97. The molecule has 5 nitrogen and oxygen atoms in total. The highest BCUT2D eigenvalue weighted by Gasteiger charge is 2.22. The molecule has 0 aliphatic carbocycles. The molecule has 1 fully saturated rings. The molecule has 2 aromatic rings. The van der Waals surface area contributed by atoms with E-state index >= 15 is 0 Å². The lowest BCUT2D eigenvalue weighted by Crippen LogP contribution is -2.38. The summed E-state index contributed by atoms with van der Waals surface area (Å²) in [5.41, 5.74) is 1.27. The van der Waals surface area contributed by atoms with E-state index < -0.39 is 10.0 Å². The first-order valence-corrected chi connectivity index (χ1v) is 10.7. The van der Waals surface area contributed by atoms with Crippen LogP contribution < -0.4 is 4.72 Å². The highest BCUT2D eigenvalue weighted by Crippen LogP contribution is 2.20. The van der Waals surface area contributed by atoms with Gasteiger partial charge < -0.3 is 0 Å². The summed E-state index contributed by atoms with van der Waals surface area (Å²) in [5.74, 6) is 0.388. The second-order valence-electron chi connectivity index (χ2n) is 6.38. The molecule has 0 radical (unpaired) electrons. The number of piperidine rings is 1. The zero-order valence-electron chi connectivity index (χ0n) is 13.9. The van der Waals surface area contributed by atoms with Crippen molar-refractivity contribution < 1.29 is 8.42 Å². The number of nitrogens with one attached hydrogen (secondary N) is 1. The van der Waals surface area contributed by atoms with Crippen molar-refractivity contribution in [2.45, 2.75) is 24.3 Å². The van der Waals surface area contributed by atoms with Crippen LogP contribution in [0.4, 0.5) is 0 Å². The van der Waals surface area contributed by atoms with E-state index in [1.165, 1.54) is 5.56 Å². The summed E-state index contributed by atoms with van der Waals surface area (Å²) in [6.07, 6.45) is 5.65. The van der Waals surface area contributed by atoms with Crippen LogP contribution in [0.3, 0.4) is 0 Å². The fourth-order valence-corrected chi connectivity index (χ4v) is 4.40. The smallest absolute Gasteiger partial charge is 0.240 e. The van der Waals surface area contributed by atoms with Gasteiger partial charge in [-0.2, -0.15) is 0 Å². The Morgan fingerprint density at radius 2 is 1.72 bits per heavy atom. The Morgan fingerprint density at radius 1 is 1.08 bits per heavy atom. The molecule has 0 spiro atoms. The van der Waals surface area contributed by atoms with Crippen LogP contribution in [-0.2, 0) is 16.6 Å². The molecule has 1 aliphatic heterocycles. The third kappa shape index (κ3) is 5.34. The molecule has 3 rings (SSSR count). The summed E-state index contributed by atoms with van der Waals surface area (Å²) in [5, 5.41) is 0. The predicted octanol–water partition coefficient (Wildman–Crippen LogP) is 3.03. The van der Waals surface area contributed by atoms with Crippen molar-refractivity contribution in [2.24, 2.45) is 5.92 Å². The molecule has 0 atom stereocenters.